The van der Waals surface area contributed by atoms with Crippen LogP contribution in [0.5, 0.6) is 0 Å². The lowest BCUT2D eigenvalue weighted by atomic mass is 10.0. The van der Waals surface area contributed by atoms with E-state index in [2.05, 4.69) is 5.32 Å². The number of amides is 1. The number of ether oxygens (including phenoxy) is 1. The van der Waals surface area contributed by atoms with Crippen LogP contribution in [0.25, 0.3) is 0 Å². The Labute approximate surface area is 85.6 Å². The summed E-state index contributed by atoms with van der Waals surface area (Å²) in [6.45, 7) is 5.25. The van der Waals surface area contributed by atoms with E-state index in [0.717, 1.165) is 19.5 Å². The van der Waals surface area contributed by atoms with Crippen molar-refractivity contribution in [3.05, 3.63) is 0 Å². The molecule has 1 atom stereocenters. The Morgan fingerprint density at radius 2 is 2.43 bits per heavy atom. The van der Waals surface area contributed by atoms with E-state index in [0.29, 0.717) is 19.1 Å². The van der Waals surface area contributed by atoms with E-state index in [1.54, 1.807) is 11.9 Å². The van der Waals surface area contributed by atoms with E-state index in [4.69, 9.17) is 4.74 Å². The zero-order valence-corrected chi connectivity index (χ0v) is 9.08. The minimum Gasteiger partial charge on any atom is -0.449 e. The van der Waals surface area contributed by atoms with Crippen LogP contribution in [0.3, 0.4) is 0 Å². The van der Waals surface area contributed by atoms with E-state index in [-0.39, 0.29) is 6.09 Å². The van der Waals surface area contributed by atoms with E-state index >= 15 is 0 Å². The molecule has 0 spiro atoms. The Hall–Kier alpha value is -0.770. The molecular weight excluding hydrogens is 180 g/mol. The van der Waals surface area contributed by atoms with Gasteiger partial charge in [0.25, 0.3) is 0 Å². The molecule has 1 heterocycles. The Kier molecular flexibility index (Phi) is 4.73. The van der Waals surface area contributed by atoms with Crippen molar-refractivity contribution in [3.63, 3.8) is 0 Å². The van der Waals surface area contributed by atoms with Gasteiger partial charge in [-0.05, 0) is 26.3 Å². The van der Waals surface area contributed by atoms with Crippen molar-refractivity contribution in [2.24, 2.45) is 5.92 Å². The fraction of sp³-hybridized carbons (Fsp3) is 0.900. The summed E-state index contributed by atoms with van der Waals surface area (Å²) in [7, 11) is 1.75. The van der Waals surface area contributed by atoms with Crippen LogP contribution < -0.4 is 5.32 Å². The summed E-state index contributed by atoms with van der Waals surface area (Å²) in [5.74, 6) is 0.498. The molecule has 0 bridgehead atoms. The predicted octanol–water partition coefficient (Wildman–Crippen LogP) is 1.07. The van der Waals surface area contributed by atoms with Crippen LogP contribution in [0, 0.1) is 5.92 Å². The lowest BCUT2D eigenvalue weighted by molar-refractivity contribution is 0.0912. The molecule has 1 aliphatic rings. The summed E-state index contributed by atoms with van der Waals surface area (Å²) in [6.07, 6.45) is 2.14. The molecule has 0 saturated carbocycles. The van der Waals surface area contributed by atoms with Gasteiger partial charge in [-0.25, -0.2) is 4.79 Å². The van der Waals surface area contributed by atoms with Crippen LogP contribution >= 0.6 is 0 Å². The molecular formula is C10H20N2O2. The summed E-state index contributed by atoms with van der Waals surface area (Å²) in [6, 6.07) is 0. The Balaban J connectivity index is 2.15. The zero-order chi connectivity index (χ0) is 10.4. The molecule has 1 saturated heterocycles. The number of carbonyl (C=O) groups is 1. The Morgan fingerprint density at radius 1 is 1.64 bits per heavy atom. The van der Waals surface area contributed by atoms with Gasteiger partial charge in [0.2, 0.25) is 0 Å². The molecule has 0 radical (unpaired) electrons. The summed E-state index contributed by atoms with van der Waals surface area (Å²) in [5, 5.41) is 3.30. The first kappa shape index (κ1) is 11.3. The van der Waals surface area contributed by atoms with Crippen molar-refractivity contribution < 1.29 is 9.53 Å². The van der Waals surface area contributed by atoms with Crippen molar-refractivity contribution in [1.29, 1.82) is 0 Å². The highest BCUT2D eigenvalue weighted by atomic mass is 16.6. The first-order chi connectivity index (χ1) is 6.74. The minimum atomic E-state index is -0.210. The van der Waals surface area contributed by atoms with Crippen LogP contribution in [0.4, 0.5) is 4.79 Å². The number of hydrogen-bond acceptors (Lipinski definition) is 3. The van der Waals surface area contributed by atoms with Gasteiger partial charge in [0, 0.05) is 26.1 Å². The van der Waals surface area contributed by atoms with Gasteiger partial charge in [-0.1, -0.05) is 0 Å². The van der Waals surface area contributed by atoms with Gasteiger partial charge in [0.15, 0.2) is 0 Å². The molecule has 1 N–H and O–H groups in total. The van der Waals surface area contributed by atoms with E-state index < -0.39 is 0 Å². The third kappa shape index (κ3) is 3.54. The first-order valence-corrected chi connectivity index (χ1v) is 5.32. The molecule has 1 fully saturated rings. The maximum Gasteiger partial charge on any atom is 0.409 e. The molecule has 0 aromatic heterocycles. The highest BCUT2D eigenvalue weighted by Gasteiger charge is 2.16. The molecule has 0 aliphatic carbocycles. The van der Waals surface area contributed by atoms with Crippen LogP contribution in [-0.4, -0.2) is 44.3 Å². The van der Waals surface area contributed by atoms with Crippen LogP contribution in [0.2, 0.25) is 0 Å². The third-order valence-corrected chi connectivity index (χ3v) is 2.63. The average Bonchev–Trinajstić information content (AvgIpc) is 2.26. The molecule has 1 rings (SSSR count). The second kappa shape index (κ2) is 5.86. The fourth-order valence-corrected chi connectivity index (χ4v) is 1.49. The monoisotopic (exact) mass is 200 g/mol. The number of piperidine rings is 1. The number of nitrogens with zero attached hydrogens (tertiary/aromatic N) is 1. The number of carbonyl (C=O) groups excluding carboxylic acids is 1. The van der Waals surface area contributed by atoms with Gasteiger partial charge in [0.1, 0.15) is 0 Å². The Bertz CT molecular complexity index is 179. The van der Waals surface area contributed by atoms with Crippen LogP contribution in [0.15, 0.2) is 0 Å². The molecule has 14 heavy (non-hydrogen) atoms. The largest absolute Gasteiger partial charge is 0.449 e. The minimum absolute atomic E-state index is 0.210. The van der Waals surface area contributed by atoms with Gasteiger partial charge >= 0.3 is 6.09 Å². The molecule has 0 aromatic rings. The standard InChI is InChI=1S/C10H20N2O2/c1-3-12(2)10(13)14-8-9-5-4-6-11-7-9/h9,11H,3-8H2,1-2H3. The summed E-state index contributed by atoms with van der Waals surface area (Å²) < 4.78 is 5.18. The van der Waals surface area contributed by atoms with Gasteiger partial charge in [0.05, 0.1) is 6.61 Å². The summed E-state index contributed by atoms with van der Waals surface area (Å²) in [5.41, 5.74) is 0. The number of nitrogens with one attached hydrogen (secondary N) is 1. The SMILES string of the molecule is CCN(C)C(=O)OCC1CCCNC1. The first-order valence-electron chi connectivity index (χ1n) is 5.32. The van der Waals surface area contributed by atoms with E-state index in [1.165, 1.54) is 6.42 Å². The van der Waals surface area contributed by atoms with E-state index in [1.807, 2.05) is 6.92 Å². The van der Waals surface area contributed by atoms with Crippen molar-refractivity contribution in [3.8, 4) is 0 Å². The quantitative estimate of drug-likeness (QED) is 0.741. The maximum atomic E-state index is 11.3. The van der Waals surface area contributed by atoms with Crippen LogP contribution in [0.1, 0.15) is 19.8 Å². The number of rotatable bonds is 3. The van der Waals surface area contributed by atoms with Gasteiger partial charge in [-0.2, -0.15) is 0 Å². The van der Waals surface area contributed by atoms with Crippen molar-refractivity contribution in [2.45, 2.75) is 19.8 Å². The maximum absolute atomic E-state index is 11.3. The Morgan fingerprint density at radius 3 is 3.00 bits per heavy atom. The molecule has 4 nitrogen and oxygen atoms in total. The lowest BCUT2D eigenvalue weighted by Gasteiger charge is -2.23. The molecule has 0 aromatic carbocycles. The predicted molar refractivity (Wildman–Crippen MR) is 55.2 cm³/mol. The van der Waals surface area contributed by atoms with Crippen molar-refractivity contribution >= 4 is 6.09 Å². The molecule has 1 amide bonds. The molecule has 1 unspecified atom stereocenters. The van der Waals surface area contributed by atoms with E-state index in [9.17, 15) is 4.79 Å². The third-order valence-electron chi connectivity index (χ3n) is 2.63. The second-order valence-electron chi connectivity index (χ2n) is 3.80. The number of hydrogen-bond donors (Lipinski definition) is 1. The van der Waals surface area contributed by atoms with Gasteiger partial charge < -0.3 is 15.0 Å². The van der Waals surface area contributed by atoms with Gasteiger partial charge in [-0.15, -0.1) is 0 Å². The topological polar surface area (TPSA) is 41.6 Å². The normalized spacial score (nSPS) is 21.7. The second-order valence-corrected chi connectivity index (χ2v) is 3.80. The lowest BCUT2D eigenvalue weighted by Crippen LogP contribution is -2.35. The molecule has 82 valence electrons. The van der Waals surface area contributed by atoms with Crippen LogP contribution in [-0.2, 0) is 4.74 Å². The zero-order valence-electron chi connectivity index (χ0n) is 9.08. The molecule has 4 heteroatoms. The highest BCUT2D eigenvalue weighted by Crippen LogP contribution is 2.10. The van der Waals surface area contributed by atoms with Crippen molar-refractivity contribution in [2.75, 3.05) is 33.3 Å². The fourth-order valence-electron chi connectivity index (χ4n) is 1.49. The highest BCUT2D eigenvalue weighted by molar-refractivity contribution is 5.67. The van der Waals surface area contributed by atoms with Crippen molar-refractivity contribution in [1.82, 2.24) is 10.2 Å². The van der Waals surface area contributed by atoms with Gasteiger partial charge in [-0.3, -0.25) is 0 Å². The summed E-state index contributed by atoms with van der Waals surface area (Å²) >= 11 is 0. The summed E-state index contributed by atoms with van der Waals surface area (Å²) in [4.78, 5) is 12.9. The molecule has 1 aliphatic heterocycles. The average molecular weight is 200 g/mol. The smallest absolute Gasteiger partial charge is 0.409 e.